The first-order valence-corrected chi connectivity index (χ1v) is 9.73. The number of carbonyl (C=O) groups is 2. The van der Waals surface area contributed by atoms with Gasteiger partial charge in [-0.25, -0.2) is 9.97 Å². The molecule has 27 heavy (non-hydrogen) atoms. The standard InChI is InChI=1S/C18H14N4O3S2/c1-10-4-5-12-14(7-10)27-18(20-12)21-15(23)8-11-9-26-17(19-11)22-16(24)13-3-2-6-25-13/h2-7,9H,8H2,1H3,(H,19,22,24)(H,20,21,23). The van der Waals surface area contributed by atoms with Gasteiger partial charge in [0.1, 0.15) is 0 Å². The third-order valence-corrected chi connectivity index (χ3v) is 5.39. The molecular weight excluding hydrogens is 384 g/mol. The van der Waals surface area contributed by atoms with Crippen molar-refractivity contribution in [1.29, 1.82) is 0 Å². The molecule has 0 fully saturated rings. The van der Waals surface area contributed by atoms with Gasteiger partial charge in [0.25, 0.3) is 5.91 Å². The lowest BCUT2D eigenvalue weighted by Crippen LogP contribution is -2.15. The Hall–Kier alpha value is -3.04. The Kier molecular flexibility index (Phi) is 4.69. The molecule has 1 aromatic carbocycles. The number of nitrogens with zero attached hydrogens (tertiary/aromatic N) is 2. The summed E-state index contributed by atoms with van der Waals surface area (Å²) in [7, 11) is 0. The van der Waals surface area contributed by atoms with Crippen molar-refractivity contribution < 1.29 is 14.0 Å². The zero-order valence-corrected chi connectivity index (χ0v) is 15.8. The van der Waals surface area contributed by atoms with Crippen LogP contribution in [-0.2, 0) is 11.2 Å². The van der Waals surface area contributed by atoms with Crippen LogP contribution in [0.3, 0.4) is 0 Å². The first kappa shape index (κ1) is 17.4. The second-order valence-corrected chi connectivity index (χ2v) is 7.68. The highest BCUT2D eigenvalue weighted by molar-refractivity contribution is 7.22. The van der Waals surface area contributed by atoms with E-state index >= 15 is 0 Å². The predicted molar refractivity (Wildman–Crippen MR) is 105 cm³/mol. The average molecular weight is 398 g/mol. The van der Waals surface area contributed by atoms with Gasteiger partial charge in [0, 0.05) is 5.38 Å². The molecule has 136 valence electrons. The van der Waals surface area contributed by atoms with E-state index in [1.165, 1.54) is 28.9 Å². The molecule has 3 aromatic heterocycles. The molecule has 2 amide bonds. The van der Waals surface area contributed by atoms with Crippen molar-refractivity contribution in [3.8, 4) is 0 Å². The van der Waals surface area contributed by atoms with Crippen molar-refractivity contribution in [1.82, 2.24) is 9.97 Å². The van der Waals surface area contributed by atoms with Crippen LogP contribution < -0.4 is 10.6 Å². The number of nitrogens with one attached hydrogen (secondary N) is 2. The Morgan fingerprint density at radius 1 is 1.15 bits per heavy atom. The molecule has 4 rings (SSSR count). The molecule has 0 aliphatic heterocycles. The lowest BCUT2D eigenvalue weighted by Gasteiger charge is -1.99. The predicted octanol–water partition coefficient (Wildman–Crippen LogP) is 4.09. The van der Waals surface area contributed by atoms with E-state index in [1.54, 1.807) is 17.5 Å². The summed E-state index contributed by atoms with van der Waals surface area (Å²) in [5.74, 6) is -0.384. The topological polar surface area (TPSA) is 97.1 Å². The van der Waals surface area contributed by atoms with Crippen LogP contribution in [0.5, 0.6) is 0 Å². The number of rotatable bonds is 5. The van der Waals surface area contributed by atoms with Crippen LogP contribution in [0.15, 0.2) is 46.4 Å². The third-order valence-electron chi connectivity index (χ3n) is 3.65. The van der Waals surface area contributed by atoms with Crippen molar-refractivity contribution in [2.75, 3.05) is 10.6 Å². The van der Waals surface area contributed by atoms with Gasteiger partial charge >= 0.3 is 0 Å². The number of hydrogen-bond donors (Lipinski definition) is 2. The average Bonchev–Trinajstić information content (AvgIpc) is 3.35. The van der Waals surface area contributed by atoms with E-state index in [-0.39, 0.29) is 24.0 Å². The minimum atomic E-state index is -0.380. The molecule has 0 saturated heterocycles. The number of amides is 2. The Bertz CT molecular complexity index is 1120. The van der Waals surface area contributed by atoms with Gasteiger partial charge < -0.3 is 9.73 Å². The van der Waals surface area contributed by atoms with Gasteiger partial charge in [-0.15, -0.1) is 11.3 Å². The number of thiazole rings is 2. The normalized spacial score (nSPS) is 10.9. The van der Waals surface area contributed by atoms with E-state index in [1.807, 2.05) is 25.1 Å². The van der Waals surface area contributed by atoms with Crippen LogP contribution in [0.25, 0.3) is 10.2 Å². The van der Waals surface area contributed by atoms with Crippen LogP contribution in [0.1, 0.15) is 21.8 Å². The number of carbonyl (C=O) groups excluding carboxylic acids is 2. The number of anilines is 2. The van der Waals surface area contributed by atoms with Crippen LogP contribution in [-0.4, -0.2) is 21.8 Å². The number of aryl methyl sites for hydroxylation is 1. The van der Waals surface area contributed by atoms with Gasteiger partial charge in [0.15, 0.2) is 16.0 Å². The van der Waals surface area contributed by atoms with E-state index < -0.39 is 0 Å². The molecule has 2 N–H and O–H groups in total. The van der Waals surface area contributed by atoms with Crippen molar-refractivity contribution in [3.63, 3.8) is 0 Å². The number of furan rings is 1. The molecule has 0 unspecified atom stereocenters. The fraction of sp³-hybridized carbons (Fsp3) is 0.111. The molecule has 3 heterocycles. The minimum absolute atomic E-state index is 0.0993. The number of aromatic nitrogens is 2. The van der Waals surface area contributed by atoms with Crippen LogP contribution in [0.4, 0.5) is 10.3 Å². The smallest absolute Gasteiger partial charge is 0.293 e. The molecule has 0 radical (unpaired) electrons. The lowest BCUT2D eigenvalue weighted by atomic mass is 10.2. The van der Waals surface area contributed by atoms with Crippen molar-refractivity contribution in [2.45, 2.75) is 13.3 Å². The summed E-state index contributed by atoms with van der Waals surface area (Å²) >= 11 is 2.69. The zero-order valence-electron chi connectivity index (χ0n) is 14.2. The summed E-state index contributed by atoms with van der Waals surface area (Å²) in [6, 6.07) is 9.16. The highest BCUT2D eigenvalue weighted by atomic mass is 32.1. The molecular formula is C18H14N4O3S2. The first-order chi connectivity index (χ1) is 13.1. The molecule has 4 aromatic rings. The lowest BCUT2D eigenvalue weighted by molar-refractivity contribution is -0.115. The van der Waals surface area contributed by atoms with Gasteiger partial charge in [0.05, 0.1) is 28.6 Å². The molecule has 9 heteroatoms. The van der Waals surface area contributed by atoms with Gasteiger partial charge in [-0.2, -0.15) is 0 Å². The van der Waals surface area contributed by atoms with Crippen molar-refractivity contribution >= 4 is 55.0 Å². The number of hydrogen-bond acceptors (Lipinski definition) is 7. The van der Waals surface area contributed by atoms with Crippen LogP contribution in [0, 0.1) is 6.92 Å². The van der Waals surface area contributed by atoms with E-state index in [4.69, 9.17) is 4.42 Å². The highest BCUT2D eigenvalue weighted by Crippen LogP contribution is 2.27. The van der Waals surface area contributed by atoms with Crippen molar-refractivity contribution in [3.05, 3.63) is 59.0 Å². The molecule has 0 spiro atoms. The Morgan fingerprint density at radius 2 is 2.04 bits per heavy atom. The monoisotopic (exact) mass is 398 g/mol. The molecule has 0 aliphatic rings. The molecule has 0 saturated carbocycles. The second-order valence-electron chi connectivity index (χ2n) is 5.79. The largest absolute Gasteiger partial charge is 0.459 e. The summed E-state index contributed by atoms with van der Waals surface area (Å²) in [5.41, 5.74) is 2.58. The minimum Gasteiger partial charge on any atom is -0.459 e. The van der Waals surface area contributed by atoms with E-state index in [9.17, 15) is 9.59 Å². The fourth-order valence-electron chi connectivity index (χ4n) is 2.43. The highest BCUT2D eigenvalue weighted by Gasteiger charge is 2.14. The summed E-state index contributed by atoms with van der Waals surface area (Å²) in [4.78, 5) is 32.9. The summed E-state index contributed by atoms with van der Waals surface area (Å²) in [6.45, 7) is 2.02. The van der Waals surface area contributed by atoms with Gasteiger partial charge in [-0.1, -0.05) is 17.4 Å². The van der Waals surface area contributed by atoms with Gasteiger partial charge in [-0.05, 0) is 36.8 Å². The quantitative estimate of drug-likeness (QED) is 0.528. The SMILES string of the molecule is Cc1ccc2nc(NC(=O)Cc3csc(NC(=O)c4ccco4)n3)sc2c1. The maximum absolute atomic E-state index is 12.3. The second kappa shape index (κ2) is 7.29. The molecule has 0 atom stereocenters. The Morgan fingerprint density at radius 3 is 2.85 bits per heavy atom. The Balaban J connectivity index is 1.38. The van der Waals surface area contributed by atoms with E-state index in [0.29, 0.717) is 16.0 Å². The summed E-state index contributed by atoms with van der Waals surface area (Å²) < 4.78 is 6.06. The van der Waals surface area contributed by atoms with Gasteiger partial charge in [-0.3, -0.25) is 14.9 Å². The maximum Gasteiger partial charge on any atom is 0.293 e. The number of fused-ring (bicyclic) bond motifs is 1. The molecule has 0 bridgehead atoms. The molecule has 0 aliphatic carbocycles. The van der Waals surface area contributed by atoms with E-state index in [0.717, 1.165) is 15.8 Å². The summed E-state index contributed by atoms with van der Waals surface area (Å²) in [6.07, 6.45) is 1.53. The molecule has 7 nitrogen and oxygen atoms in total. The fourth-order valence-corrected chi connectivity index (χ4v) is 4.11. The third kappa shape index (κ3) is 4.04. The Labute approximate surface area is 162 Å². The van der Waals surface area contributed by atoms with Crippen LogP contribution in [0.2, 0.25) is 0 Å². The maximum atomic E-state index is 12.3. The zero-order chi connectivity index (χ0) is 18.8. The number of benzene rings is 1. The van der Waals surface area contributed by atoms with Gasteiger partial charge in [0.2, 0.25) is 5.91 Å². The summed E-state index contributed by atoms with van der Waals surface area (Å²) in [5, 5.41) is 8.15. The van der Waals surface area contributed by atoms with Crippen molar-refractivity contribution in [2.24, 2.45) is 0 Å². The first-order valence-electron chi connectivity index (χ1n) is 8.03. The van der Waals surface area contributed by atoms with Crippen LogP contribution >= 0.6 is 22.7 Å². The van der Waals surface area contributed by atoms with E-state index in [2.05, 4.69) is 20.6 Å².